The van der Waals surface area contributed by atoms with E-state index in [0.717, 1.165) is 32.4 Å². The molecule has 5 heteroatoms. The number of ether oxygens (including phenoxy) is 1. The van der Waals surface area contributed by atoms with Crippen LogP contribution < -0.4 is 5.73 Å². The molecule has 90 valence electrons. The third-order valence-electron chi connectivity index (χ3n) is 2.55. The number of carbonyl (C=O) groups is 1. The van der Waals surface area contributed by atoms with Crippen molar-refractivity contribution in [2.24, 2.45) is 5.73 Å². The van der Waals surface area contributed by atoms with Crippen molar-refractivity contribution in [3.05, 3.63) is 0 Å². The summed E-state index contributed by atoms with van der Waals surface area (Å²) in [5.74, 6) is 0.220. The first-order valence-electron chi connectivity index (χ1n) is 5.26. The molecule has 1 fully saturated rings. The Balaban J connectivity index is 0.00000196. The van der Waals surface area contributed by atoms with Crippen LogP contribution in [0.2, 0.25) is 0 Å². The van der Waals surface area contributed by atoms with Crippen LogP contribution in [0.4, 0.5) is 0 Å². The molecular formula is C10H21ClN2O2. The molecule has 1 amide bonds. The van der Waals surface area contributed by atoms with E-state index in [9.17, 15) is 4.79 Å². The molecule has 1 unspecified atom stereocenters. The van der Waals surface area contributed by atoms with E-state index in [1.807, 2.05) is 4.90 Å². The van der Waals surface area contributed by atoms with Gasteiger partial charge in [0.05, 0.1) is 0 Å². The second-order valence-electron chi connectivity index (χ2n) is 3.84. The van der Waals surface area contributed by atoms with Crippen LogP contribution in [-0.2, 0) is 9.53 Å². The number of likely N-dealkylation sites (tertiary alicyclic amines) is 1. The second kappa shape index (κ2) is 7.91. The lowest BCUT2D eigenvalue weighted by atomic mass is 10.1. The molecule has 1 atom stereocenters. The predicted molar refractivity (Wildman–Crippen MR) is 62.1 cm³/mol. The van der Waals surface area contributed by atoms with Gasteiger partial charge in [-0.1, -0.05) is 0 Å². The first kappa shape index (κ1) is 14.7. The van der Waals surface area contributed by atoms with E-state index in [4.69, 9.17) is 10.5 Å². The van der Waals surface area contributed by atoms with Gasteiger partial charge in [0, 0.05) is 39.3 Å². The summed E-state index contributed by atoms with van der Waals surface area (Å²) < 4.78 is 4.91. The topological polar surface area (TPSA) is 55.6 Å². The van der Waals surface area contributed by atoms with Crippen molar-refractivity contribution in [1.82, 2.24) is 4.90 Å². The monoisotopic (exact) mass is 236 g/mol. The van der Waals surface area contributed by atoms with Gasteiger partial charge in [-0.15, -0.1) is 12.4 Å². The normalized spacial score (nSPS) is 20.9. The third-order valence-corrected chi connectivity index (χ3v) is 2.55. The van der Waals surface area contributed by atoms with Crippen LogP contribution in [0, 0.1) is 0 Å². The molecule has 1 heterocycles. The highest BCUT2D eigenvalue weighted by atomic mass is 35.5. The Morgan fingerprint density at radius 1 is 1.60 bits per heavy atom. The maximum atomic E-state index is 11.6. The van der Waals surface area contributed by atoms with Crippen LogP contribution >= 0.6 is 12.4 Å². The summed E-state index contributed by atoms with van der Waals surface area (Å²) in [6.07, 6.45) is 3.47. The Morgan fingerprint density at radius 3 is 2.93 bits per heavy atom. The fourth-order valence-electron chi connectivity index (χ4n) is 1.76. The van der Waals surface area contributed by atoms with E-state index < -0.39 is 0 Å². The zero-order chi connectivity index (χ0) is 10.4. The molecule has 0 aromatic heterocycles. The van der Waals surface area contributed by atoms with Crippen LogP contribution in [0.25, 0.3) is 0 Å². The van der Waals surface area contributed by atoms with Gasteiger partial charge >= 0.3 is 0 Å². The minimum atomic E-state index is 0. The lowest BCUT2D eigenvalue weighted by molar-refractivity contribution is -0.132. The summed E-state index contributed by atoms with van der Waals surface area (Å²) >= 11 is 0. The van der Waals surface area contributed by atoms with E-state index >= 15 is 0 Å². The third kappa shape index (κ3) is 5.35. The largest absolute Gasteiger partial charge is 0.385 e. The highest BCUT2D eigenvalue weighted by Gasteiger charge is 2.20. The van der Waals surface area contributed by atoms with E-state index in [1.54, 1.807) is 7.11 Å². The fourth-order valence-corrected chi connectivity index (χ4v) is 1.76. The molecule has 1 rings (SSSR count). The van der Waals surface area contributed by atoms with Gasteiger partial charge in [-0.05, 0) is 19.3 Å². The molecule has 2 N–H and O–H groups in total. The molecule has 0 aliphatic carbocycles. The molecule has 1 saturated heterocycles. The van der Waals surface area contributed by atoms with Crippen LogP contribution in [-0.4, -0.2) is 43.7 Å². The van der Waals surface area contributed by atoms with Crippen molar-refractivity contribution in [2.75, 3.05) is 26.8 Å². The molecule has 4 nitrogen and oxygen atoms in total. The molecular weight excluding hydrogens is 216 g/mol. The number of rotatable bonds is 4. The number of hydrogen-bond acceptors (Lipinski definition) is 3. The Morgan fingerprint density at radius 2 is 2.33 bits per heavy atom. The molecule has 0 saturated carbocycles. The van der Waals surface area contributed by atoms with Gasteiger partial charge < -0.3 is 15.4 Å². The lowest BCUT2D eigenvalue weighted by Gasteiger charge is -2.30. The van der Waals surface area contributed by atoms with E-state index in [0.29, 0.717) is 13.0 Å². The second-order valence-corrected chi connectivity index (χ2v) is 3.84. The standard InChI is InChI=1S/C10H20N2O2.ClH/c1-14-7-3-5-10(13)12-6-2-4-9(11)8-12;/h9H,2-8,11H2,1H3;1H. The maximum absolute atomic E-state index is 11.6. The first-order valence-corrected chi connectivity index (χ1v) is 5.26. The van der Waals surface area contributed by atoms with Gasteiger partial charge in [0.15, 0.2) is 0 Å². The summed E-state index contributed by atoms with van der Waals surface area (Å²) in [7, 11) is 1.65. The highest BCUT2D eigenvalue weighted by Crippen LogP contribution is 2.10. The predicted octanol–water partition coefficient (Wildman–Crippen LogP) is 0.784. The van der Waals surface area contributed by atoms with Crippen LogP contribution in [0.3, 0.4) is 0 Å². The summed E-state index contributed by atoms with van der Waals surface area (Å²) in [6.45, 7) is 2.26. The van der Waals surface area contributed by atoms with Gasteiger partial charge in [0.25, 0.3) is 0 Å². The van der Waals surface area contributed by atoms with Crippen molar-refractivity contribution in [3.63, 3.8) is 0 Å². The number of carbonyl (C=O) groups excluding carboxylic acids is 1. The molecule has 0 bridgehead atoms. The molecule has 0 aromatic rings. The van der Waals surface area contributed by atoms with E-state index in [1.165, 1.54) is 0 Å². The minimum absolute atomic E-state index is 0. The lowest BCUT2D eigenvalue weighted by Crippen LogP contribution is -2.45. The highest BCUT2D eigenvalue weighted by molar-refractivity contribution is 5.85. The Hall–Kier alpha value is -0.320. The van der Waals surface area contributed by atoms with Gasteiger partial charge in [0.2, 0.25) is 5.91 Å². The SMILES string of the molecule is COCCCC(=O)N1CCCC(N)C1.Cl. The average molecular weight is 237 g/mol. The molecule has 1 aliphatic heterocycles. The quantitative estimate of drug-likeness (QED) is 0.735. The summed E-state index contributed by atoms with van der Waals surface area (Å²) in [6, 6.07) is 0.176. The Kier molecular flexibility index (Phi) is 7.74. The van der Waals surface area contributed by atoms with E-state index in [2.05, 4.69) is 0 Å². The smallest absolute Gasteiger partial charge is 0.222 e. The van der Waals surface area contributed by atoms with Crippen molar-refractivity contribution >= 4 is 18.3 Å². The van der Waals surface area contributed by atoms with Gasteiger partial charge in [0.1, 0.15) is 0 Å². The van der Waals surface area contributed by atoms with E-state index in [-0.39, 0.29) is 24.4 Å². The molecule has 0 aromatic carbocycles. The number of methoxy groups -OCH3 is 1. The summed E-state index contributed by atoms with van der Waals surface area (Å²) in [5, 5.41) is 0. The van der Waals surface area contributed by atoms with Crippen LogP contribution in [0.5, 0.6) is 0 Å². The van der Waals surface area contributed by atoms with Crippen molar-refractivity contribution in [2.45, 2.75) is 31.7 Å². The number of nitrogens with two attached hydrogens (primary N) is 1. The number of piperidine rings is 1. The number of nitrogens with zero attached hydrogens (tertiary/aromatic N) is 1. The molecule has 15 heavy (non-hydrogen) atoms. The fraction of sp³-hybridized carbons (Fsp3) is 0.900. The summed E-state index contributed by atoms with van der Waals surface area (Å²) in [5.41, 5.74) is 5.80. The summed E-state index contributed by atoms with van der Waals surface area (Å²) in [4.78, 5) is 13.5. The molecule has 0 spiro atoms. The molecule has 0 radical (unpaired) electrons. The molecule has 1 aliphatic rings. The van der Waals surface area contributed by atoms with Crippen LogP contribution in [0.1, 0.15) is 25.7 Å². The number of amides is 1. The number of halogens is 1. The van der Waals surface area contributed by atoms with Crippen molar-refractivity contribution < 1.29 is 9.53 Å². The maximum Gasteiger partial charge on any atom is 0.222 e. The Bertz CT molecular complexity index is 190. The zero-order valence-corrected chi connectivity index (χ0v) is 10.1. The minimum Gasteiger partial charge on any atom is -0.385 e. The first-order chi connectivity index (χ1) is 6.74. The Labute approximate surface area is 97.5 Å². The van der Waals surface area contributed by atoms with Crippen LogP contribution in [0.15, 0.2) is 0 Å². The average Bonchev–Trinajstić information content (AvgIpc) is 2.18. The van der Waals surface area contributed by atoms with Gasteiger partial charge in [-0.3, -0.25) is 4.79 Å². The van der Waals surface area contributed by atoms with Gasteiger partial charge in [-0.25, -0.2) is 0 Å². The number of hydrogen-bond donors (Lipinski definition) is 1. The van der Waals surface area contributed by atoms with Crippen molar-refractivity contribution in [3.8, 4) is 0 Å². The van der Waals surface area contributed by atoms with Crippen molar-refractivity contribution in [1.29, 1.82) is 0 Å². The zero-order valence-electron chi connectivity index (χ0n) is 9.28. The van der Waals surface area contributed by atoms with Gasteiger partial charge in [-0.2, -0.15) is 0 Å².